The molecule has 21 nitrogen and oxygen atoms in total. The van der Waals surface area contributed by atoms with Crippen molar-refractivity contribution >= 4 is 71.2 Å². The van der Waals surface area contributed by atoms with Gasteiger partial charge in [0.25, 0.3) is 0 Å². The van der Waals surface area contributed by atoms with Crippen LogP contribution in [0.15, 0.2) is 121 Å². The zero-order chi connectivity index (χ0) is 40.3. The van der Waals surface area contributed by atoms with Gasteiger partial charge in [0.05, 0.1) is 31.7 Å². The van der Waals surface area contributed by atoms with Gasteiger partial charge >= 0.3 is 88.7 Å². The van der Waals surface area contributed by atoms with Crippen molar-refractivity contribution in [3.8, 4) is 0 Å². The largest absolute Gasteiger partial charge is 1.00 e. The van der Waals surface area contributed by atoms with E-state index in [4.69, 9.17) is 10.8 Å². The van der Waals surface area contributed by atoms with E-state index in [2.05, 4.69) is 50.2 Å². The molecular weight excluding hydrogens is 862 g/mol. The maximum absolute atomic E-state index is 12.3. The molecule has 0 spiro atoms. The standard InChI is InChI=1S/C32H28N12O9S3.3Na/c33-27-39-29(35-20-4-2-1-3-5-20)43-31(41-27)37-22-10-8-18(25(16-22)55(48,49)50)6-7-19-9-11-23(17-26(19)56(51,52)53)38-32-42-28(34)40-30(44-32)36-21-12-14-24(15-13-21)54(45,46)47;;;/h1-17H,(H,45,46,47)(H,48,49,50)(H,51,52,53)(H4,33,35,37,39,41,43)(H4,34,36,38,40,42,44);;;/q;3*+1/p-3/b7-6+;;;. The molecule has 0 bridgehead atoms. The van der Waals surface area contributed by atoms with E-state index in [9.17, 15) is 38.9 Å². The second kappa shape index (κ2) is 20.6. The summed E-state index contributed by atoms with van der Waals surface area (Å²) in [4.78, 5) is 28.0. The van der Waals surface area contributed by atoms with Crippen molar-refractivity contribution in [1.82, 2.24) is 29.9 Å². The summed E-state index contributed by atoms with van der Waals surface area (Å²) < 4.78 is 107. The molecule has 27 heteroatoms. The Kier molecular flexibility index (Phi) is 17.3. The summed E-state index contributed by atoms with van der Waals surface area (Å²) >= 11 is 0. The Bertz CT molecular complexity index is 3210. The Morgan fingerprint density at radius 2 is 1.03 bits per heavy atom. The molecule has 2 aromatic heterocycles. The van der Waals surface area contributed by atoms with Gasteiger partial charge in [-0.05, 0) is 71.8 Å². The third-order valence-electron chi connectivity index (χ3n) is 7.28. The topological polar surface area (TPSA) is 360 Å². The van der Waals surface area contributed by atoms with Gasteiger partial charge in [0.1, 0.15) is 30.4 Å². The molecule has 288 valence electrons. The fourth-order valence-electron chi connectivity index (χ4n) is 4.90. The van der Waals surface area contributed by atoms with Crippen molar-refractivity contribution < 1.29 is 128 Å². The molecule has 59 heavy (non-hydrogen) atoms. The number of nitrogens with zero attached hydrogens (tertiary/aromatic N) is 4. The molecule has 6 aromatic rings. The van der Waals surface area contributed by atoms with Gasteiger partial charge in [-0.15, -0.1) is 0 Å². The number of benzene rings is 4. The quantitative estimate of drug-likeness (QED) is 0.0363. The predicted molar refractivity (Wildman–Crippen MR) is 192 cm³/mol. The number of hydrogen-bond donors (Lipinski definition) is 8. The van der Waals surface area contributed by atoms with Gasteiger partial charge in [-0.1, -0.05) is 42.5 Å². The van der Waals surface area contributed by atoms with Crippen LogP contribution >= 0.6 is 0 Å². The first kappa shape index (κ1) is 49.5. The minimum atomic E-state index is -5.17. The smallest absolute Gasteiger partial charge is 0.744 e. The molecule has 0 unspecified atom stereocenters. The van der Waals surface area contributed by atoms with Crippen LogP contribution in [0.25, 0.3) is 12.2 Å². The predicted octanol–water partition coefficient (Wildman–Crippen LogP) is -7.98. The number of rotatable bonds is 10. The van der Waals surface area contributed by atoms with Crippen molar-refractivity contribution in [3.05, 3.63) is 130 Å². The van der Waals surface area contributed by atoms with Crippen LogP contribution in [-0.4, -0.2) is 68.8 Å². The summed E-state index contributed by atoms with van der Waals surface area (Å²) in [5.74, 6) is -0.0626. The zero-order valence-electron chi connectivity index (χ0n) is 31.0. The number of aromatic nitrogens is 6. The van der Waals surface area contributed by atoms with Gasteiger partial charge in [0.15, 0.2) is 0 Å². The molecule has 6 rings (SSSR count). The first-order valence-electron chi connectivity index (χ1n) is 15.5. The molecule has 0 fully saturated rings. The van der Waals surface area contributed by atoms with Crippen molar-refractivity contribution in [1.29, 1.82) is 10.8 Å². The minimum absolute atomic E-state index is 0. The third kappa shape index (κ3) is 13.9. The normalized spacial score (nSPS) is 12.7. The Hall–Kier alpha value is -3.83. The summed E-state index contributed by atoms with van der Waals surface area (Å²) in [7, 11) is -15.0. The third-order valence-corrected chi connectivity index (χ3v) is 9.91. The number of aromatic amines is 5. The van der Waals surface area contributed by atoms with Crippen LogP contribution < -0.4 is 122 Å². The Morgan fingerprint density at radius 3 is 1.51 bits per heavy atom. The molecule has 0 aliphatic heterocycles. The van der Waals surface area contributed by atoms with Gasteiger partial charge in [-0.25, -0.2) is 40.2 Å². The first-order chi connectivity index (χ1) is 26.4. The average molecular weight is 887 g/mol. The molecule has 0 aliphatic rings. The minimum Gasteiger partial charge on any atom is -0.744 e. The monoisotopic (exact) mass is 886 g/mol. The molecule has 0 amide bonds. The maximum Gasteiger partial charge on any atom is 1.00 e. The van der Waals surface area contributed by atoms with E-state index in [-0.39, 0.29) is 145 Å². The average Bonchev–Trinajstić information content (AvgIpc) is 3.10. The van der Waals surface area contributed by atoms with Crippen molar-refractivity contribution in [3.63, 3.8) is 0 Å². The van der Waals surface area contributed by atoms with Crippen LogP contribution in [0.3, 0.4) is 0 Å². The summed E-state index contributed by atoms with van der Waals surface area (Å²) in [5, 5.41) is 18.7. The van der Waals surface area contributed by atoms with Gasteiger partial charge in [-0.2, -0.15) is 4.98 Å². The summed E-state index contributed by atoms with van der Waals surface area (Å²) in [6.07, 6.45) is 2.24. The molecule has 2 heterocycles. The number of hydrogen-bond acceptors (Lipinski definition) is 16. The SMILES string of the molecule is N=c1nc(Nc2ccc(S(=O)(=O)[O-])cc2)[nH]c(=Nc2ccc(/C=C/c3ccc(N=c4[nH]c(=N)[nH]c(=Nc5ccccc5)[nH]4)cc3S(=O)(=O)[O-])c(S(=O)(=O)[O-])c2)[nH]1.[Na+].[Na+].[Na+]. The molecular formula is C32H25N12Na3O9S3. The van der Waals surface area contributed by atoms with Crippen LogP contribution in [0, 0.1) is 10.8 Å². The number of nitrogens with one attached hydrogen (secondary N) is 8. The van der Waals surface area contributed by atoms with Crippen LogP contribution in [0.4, 0.5) is 28.7 Å². The molecule has 0 radical (unpaired) electrons. The fourth-order valence-corrected chi connectivity index (χ4v) is 6.75. The van der Waals surface area contributed by atoms with E-state index in [1.165, 1.54) is 36.4 Å². The molecule has 0 aliphatic carbocycles. The van der Waals surface area contributed by atoms with E-state index < -0.39 is 50.7 Å². The Balaban J connectivity index is 0.00000310. The van der Waals surface area contributed by atoms with E-state index in [0.717, 1.165) is 36.4 Å². The number of H-pyrrole nitrogens is 5. The van der Waals surface area contributed by atoms with Crippen LogP contribution in [0.2, 0.25) is 0 Å². The van der Waals surface area contributed by atoms with Crippen LogP contribution in [0.5, 0.6) is 0 Å². The van der Waals surface area contributed by atoms with Crippen LogP contribution in [0.1, 0.15) is 11.1 Å². The Labute approximate surface area is 400 Å². The van der Waals surface area contributed by atoms with Gasteiger partial charge in [-0.3, -0.25) is 35.7 Å². The summed E-state index contributed by atoms with van der Waals surface area (Å²) in [6, 6.07) is 20.5. The number of anilines is 2. The summed E-state index contributed by atoms with van der Waals surface area (Å²) in [6.45, 7) is 0. The van der Waals surface area contributed by atoms with E-state index in [0.29, 0.717) is 5.69 Å². The van der Waals surface area contributed by atoms with Gasteiger partial charge < -0.3 is 19.0 Å². The zero-order valence-corrected chi connectivity index (χ0v) is 39.5. The first-order valence-corrected chi connectivity index (χ1v) is 19.7. The van der Waals surface area contributed by atoms with E-state index in [1.54, 1.807) is 30.3 Å². The molecule has 0 saturated heterocycles. The second-order valence-electron chi connectivity index (χ2n) is 11.3. The number of para-hydroxylation sites is 1. The van der Waals surface area contributed by atoms with E-state index in [1.807, 2.05) is 0 Å². The summed E-state index contributed by atoms with van der Waals surface area (Å²) in [5.41, 5.74) is -0.214. The Morgan fingerprint density at radius 1 is 0.559 bits per heavy atom. The van der Waals surface area contributed by atoms with Crippen molar-refractivity contribution in [2.45, 2.75) is 14.7 Å². The molecule has 8 N–H and O–H groups in total. The molecule has 4 aromatic carbocycles. The fraction of sp³-hybridized carbons (Fsp3) is 0. The van der Waals surface area contributed by atoms with Gasteiger partial charge in [0.2, 0.25) is 34.0 Å². The van der Waals surface area contributed by atoms with Crippen molar-refractivity contribution in [2.75, 3.05) is 5.32 Å². The van der Waals surface area contributed by atoms with Crippen LogP contribution in [-0.2, 0) is 30.4 Å². The second-order valence-corrected chi connectivity index (χ2v) is 15.4. The van der Waals surface area contributed by atoms with Crippen molar-refractivity contribution in [2.24, 2.45) is 15.0 Å². The van der Waals surface area contributed by atoms with Gasteiger partial charge in [0, 0.05) is 5.69 Å². The molecule has 0 atom stereocenters. The van der Waals surface area contributed by atoms with E-state index >= 15 is 0 Å². The molecule has 0 saturated carbocycles. The maximum atomic E-state index is 12.3.